The van der Waals surface area contributed by atoms with Crippen molar-refractivity contribution in [2.75, 3.05) is 0 Å². The minimum atomic E-state index is 0. The fourth-order valence-corrected chi connectivity index (χ4v) is 0.925. The molecule has 1 radical (unpaired) electrons. The van der Waals surface area contributed by atoms with Crippen LogP contribution in [-0.4, -0.2) is 9.97 Å². The summed E-state index contributed by atoms with van der Waals surface area (Å²) in [6.07, 6.45) is 2.63. The zero-order valence-corrected chi connectivity index (χ0v) is 10.0. The second kappa shape index (κ2) is 4.73. The number of aromatic amines is 1. The number of H-pyrrole nitrogens is 1. The summed E-state index contributed by atoms with van der Waals surface area (Å²) in [5.74, 6) is 0. The third-order valence-corrected chi connectivity index (χ3v) is 1.44. The Labute approximate surface area is 99.1 Å². The minimum Gasteiger partial charge on any atom is -0.461 e. The molecule has 0 fully saturated rings. The maximum Gasteiger partial charge on any atom is 0.0614 e. The van der Waals surface area contributed by atoms with Gasteiger partial charge < -0.3 is 17.4 Å². The van der Waals surface area contributed by atoms with Crippen LogP contribution in [0.1, 0.15) is 6.93 Å². The van der Waals surface area contributed by atoms with Gasteiger partial charge in [-0.25, -0.2) is 0 Å². The van der Waals surface area contributed by atoms with Gasteiger partial charge in [-0.05, 0) is 13.3 Å². The van der Waals surface area contributed by atoms with Crippen molar-refractivity contribution in [2.24, 2.45) is 0 Å². The third kappa shape index (κ3) is 2.14. The van der Waals surface area contributed by atoms with Gasteiger partial charge in [0.25, 0.3) is 0 Å². The van der Waals surface area contributed by atoms with E-state index in [1.165, 1.54) is 0 Å². The van der Waals surface area contributed by atoms with Crippen LogP contribution in [0.5, 0.6) is 0 Å². The first kappa shape index (κ1) is 9.88. The number of imidazole rings is 1. The molecule has 1 N–H and O–H groups in total. The molecule has 0 amide bonds. The van der Waals surface area contributed by atoms with E-state index in [-0.39, 0.29) is 40.1 Å². The molecule has 2 rings (SSSR count). The van der Waals surface area contributed by atoms with Crippen LogP contribution in [0.3, 0.4) is 0 Å². The number of nitrogens with one attached hydrogen (secondary N) is 1. The van der Waals surface area contributed by atoms with Crippen LogP contribution in [0.15, 0.2) is 18.2 Å². The first-order valence-electron chi connectivity index (χ1n) is 3.60. The van der Waals surface area contributed by atoms with Gasteiger partial charge in [-0.1, -0.05) is 28.7 Å². The van der Waals surface area contributed by atoms with Crippen molar-refractivity contribution in [1.82, 2.24) is 9.97 Å². The molecule has 1 aromatic carbocycles. The minimum absolute atomic E-state index is 0. The van der Waals surface area contributed by atoms with Crippen molar-refractivity contribution < 1.29 is 34.1 Å². The molecule has 3 heteroatoms. The molecule has 0 aliphatic rings. The Morgan fingerprint density at radius 2 is 2.42 bits per heavy atom. The number of hydrogen-bond acceptors (Lipinski definition) is 1. The SMILES string of the molecule is [2H]c1cc2[nH][c-]nc2cc1C.[CH3-].[Y]. The van der Waals surface area contributed by atoms with E-state index in [0.29, 0.717) is 6.04 Å². The number of aryl methyl sites for hydroxylation is 1. The van der Waals surface area contributed by atoms with Crippen molar-refractivity contribution in [3.05, 3.63) is 37.5 Å². The van der Waals surface area contributed by atoms with Crippen LogP contribution in [0.25, 0.3) is 11.0 Å². The molecule has 0 unspecified atom stereocenters. The molecule has 2 aromatic rings. The molecule has 1 heterocycles. The maximum absolute atomic E-state index is 7.48. The molecule has 0 bridgehead atoms. The Kier molecular flexibility index (Phi) is 3.89. The van der Waals surface area contributed by atoms with Crippen molar-refractivity contribution in [1.29, 1.82) is 0 Å². The van der Waals surface area contributed by atoms with Gasteiger partial charge in [-0.15, -0.1) is 6.07 Å². The molecular formula is C9H10N2Y-2. The number of fused-ring (bicyclic) bond motifs is 1. The van der Waals surface area contributed by atoms with Gasteiger partial charge in [0.2, 0.25) is 0 Å². The van der Waals surface area contributed by atoms with Gasteiger partial charge in [0.15, 0.2) is 0 Å². The molecule has 0 spiro atoms. The number of benzene rings is 1. The van der Waals surface area contributed by atoms with Crippen LogP contribution in [0.2, 0.25) is 0 Å². The predicted molar refractivity (Wildman–Crippen MR) is 46.1 cm³/mol. The van der Waals surface area contributed by atoms with E-state index in [4.69, 9.17) is 1.37 Å². The number of nitrogens with zero attached hydrogens (tertiary/aromatic N) is 1. The topological polar surface area (TPSA) is 28.7 Å². The molecule has 2 nitrogen and oxygen atoms in total. The van der Waals surface area contributed by atoms with Gasteiger partial charge >= 0.3 is 0 Å². The molecule has 0 saturated heterocycles. The monoisotopic (exact) mass is 236 g/mol. The zero-order chi connectivity index (χ0) is 7.84. The molecule has 0 aliphatic heterocycles. The normalized spacial score (nSPS) is 9.92. The van der Waals surface area contributed by atoms with E-state index in [1.54, 1.807) is 6.07 Å². The third-order valence-electron chi connectivity index (χ3n) is 1.44. The van der Waals surface area contributed by atoms with Gasteiger partial charge in [0.05, 0.1) is 1.37 Å². The summed E-state index contributed by atoms with van der Waals surface area (Å²) in [5.41, 5.74) is 2.69. The largest absolute Gasteiger partial charge is 0.461 e. The number of hydrogen-bond donors (Lipinski definition) is 1. The Morgan fingerprint density at radius 3 is 3.17 bits per heavy atom. The van der Waals surface area contributed by atoms with Gasteiger partial charge in [0, 0.05) is 32.7 Å². The fraction of sp³-hybridized carbons (Fsp3) is 0.111. The molecule has 1 aromatic heterocycles. The number of rotatable bonds is 0. The molecule has 61 valence electrons. The van der Waals surface area contributed by atoms with Crippen LogP contribution < -0.4 is 0 Å². The van der Waals surface area contributed by atoms with E-state index in [1.807, 2.05) is 13.0 Å². The molecule has 12 heavy (non-hydrogen) atoms. The van der Waals surface area contributed by atoms with E-state index >= 15 is 0 Å². The smallest absolute Gasteiger partial charge is 0.0614 e. The van der Waals surface area contributed by atoms with Crippen molar-refractivity contribution in [3.63, 3.8) is 0 Å². The Balaban J connectivity index is 0.000000720. The van der Waals surface area contributed by atoms with E-state index in [9.17, 15) is 0 Å². The molecule has 0 atom stereocenters. The Morgan fingerprint density at radius 1 is 1.67 bits per heavy atom. The summed E-state index contributed by atoms with van der Waals surface area (Å²) >= 11 is 0. The Hall–Kier alpha value is -0.206. The summed E-state index contributed by atoms with van der Waals surface area (Å²) in [5, 5.41) is 0. The van der Waals surface area contributed by atoms with Crippen LogP contribution in [0, 0.1) is 20.7 Å². The average Bonchev–Trinajstić information content (AvgIpc) is 2.36. The summed E-state index contributed by atoms with van der Waals surface area (Å²) < 4.78 is 7.48. The molecule has 0 saturated carbocycles. The van der Waals surface area contributed by atoms with Crippen LogP contribution >= 0.6 is 0 Å². The molecular weight excluding hydrogens is 225 g/mol. The predicted octanol–water partition coefficient (Wildman–Crippen LogP) is 2.12. The summed E-state index contributed by atoms with van der Waals surface area (Å²) in [6.45, 7) is 1.90. The first-order valence-corrected chi connectivity index (χ1v) is 3.10. The molecule has 0 aliphatic carbocycles. The van der Waals surface area contributed by atoms with E-state index in [2.05, 4.69) is 16.3 Å². The fourth-order valence-electron chi connectivity index (χ4n) is 0.925. The van der Waals surface area contributed by atoms with Crippen molar-refractivity contribution in [3.8, 4) is 0 Å². The maximum atomic E-state index is 7.48. The second-order valence-corrected chi connectivity index (χ2v) is 2.26. The first-order chi connectivity index (χ1) is 5.27. The standard InChI is InChI=1S/C8H7N2.CH3.Y/c1-6-2-3-7-8(4-6)10-5-9-7;;/h2-4H,1H3,(H,9,10);1H3;/q2*-1;/i2D;;. The summed E-state index contributed by atoms with van der Waals surface area (Å²) in [7, 11) is 0. The van der Waals surface area contributed by atoms with Crippen LogP contribution in [0.4, 0.5) is 0 Å². The quantitative estimate of drug-likeness (QED) is 0.697. The number of aromatic nitrogens is 2. The average molecular weight is 236 g/mol. The summed E-state index contributed by atoms with van der Waals surface area (Å²) in [4.78, 5) is 6.79. The Bertz CT molecular complexity index is 361. The van der Waals surface area contributed by atoms with Crippen molar-refractivity contribution >= 4 is 11.0 Å². The summed E-state index contributed by atoms with van der Waals surface area (Å²) in [6, 6.07) is 4.17. The second-order valence-electron chi connectivity index (χ2n) is 2.26. The van der Waals surface area contributed by atoms with Gasteiger partial charge in [0.1, 0.15) is 0 Å². The van der Waals surface area contributed by atoms with E-state index in [0.717, 1.165) is 16.6 Å². The van der Waals surface area contributed by atoms with Crippen LogP contribution in [-0.2, 0) is 32.7 Å². The zero-order valence-electron chi connectivity index (χ0n) is 8.18. The van der Waals surface area contributed by atoms with Gasteiger partial charge in [-0.2, -0.15) is 0 Å². The van der Waals surface area contributed by atoms with E-state index < -0.39 is 0 Å². The van der Waals surface area contributed by atoms with Gasteiger partial charge in [-0.3, -0.25) is 0 Å². The van der Waals surface area contributed by atoms with Crippen molar-refractivity contribution in [2.45, 2.75) is 6.92 Å².